The Hall–Kier alpha value is -1.25. The molecule has 0 unspecified atom stereocenters. The van der Waals surface area contributed by atoms with Crippen LogP contribution < -0.4 is 16.4 Å². The smallest absolute Gasteiger partial charge is 0.287 e. The molecule has 1 aromatic heterocycles. The Bertz CT molecular complexity index is 478. The molecule has 1 aromatic rings. The molecule has 4 N–H and O–H groups in total. The zero-order valence-electron chi connectivity index (χ0n) is 13.0. The Balaban J connectivity index is 0.00000400. The number of nitrogens with two attached hydrogens (primary N) is 1. The van der Waals surface area contributed by atoms with Gasteiger partial charge < -0.3 is 20.8 Å². The van der Waals surface area contributed by atoms with Crippen molar-refractivity contribution in [3.05, 3.63) is 23.7 Å². The number of furan rings is 1. The highest BCUT2D eigenvalue weighted by Crippen LogP contribution is 2.07. The third kappa shape index (κ3) is 7.93. The van der Waals surface area contributed by atoms with E-state index in [0.717, 1.165) is 12.0 Å². The molecule has 0 spiro atoms. The van der Waals surface area contributed by atoms with Gasteiger partial charge in [-0.05, 0) is 40.2 Å². The molecular formula is C14H25IN4O2. The summed E-state index contributed by atoms with van der Waals surface area (Å²) >= 11 is 0. The van der Waals surface area contributed by atoms with Crippen LogP contribution in [0.4, 0.5) is 0 Å². The van der Waals surface area contributed by atoms with Crippen molar-refractivity contribution in [2.45, 2.75) is 39.7 Å². The summed E-state index contributed by atoms with van der Waals surface area (Å²) in [6.45, 7) is 8.98. The number of carbonyl (C=O) groups is 1. The molecule has 6 nitrogen and oxygen atoms in total. The van der Waals surface area contributed by atoms with E-state index in [1.54, 1.807) is 6.07 Å². The number of nitrogens with one attached hydrogen (secondary N) is 2. The fourth-order valence-electron chi connectivity index (χ4n) is 1.59. The van der Waals surface area contributed by atoms with Gasteiger partial charge in [0.15, 0.2) is 11.7 Å². The van der Waals surface area contributed by atoms with Gasteiger partial charge in [0.1, 0.15) is 0 Å². The number of guanidine groups is 1. The Morgan fingerprint density at radius 3 is 2.62 bits per heavy atom. The number of carbonyl (C=O) groups excluding carboxylic acids is 1. The van der Waals surface area contributed by atoms with Gasteiger partial charge in [0.25, 0.3) is 5.91 Å². The first-order valence-corrected chi connectivity index (χ1v) is 6.70. The van der Waals surface area contributed by atoms with E-state index < -0.39 is 0 Å². The molecule has 0 saturated carbocycles. The van der Waals surface area contributed by atoms with Crippen molar-refractivity contribution in [2.24, 2.45) is 10.7 Å². The summed E-state index contributed by atoms with van der Waals surface area (Å²) in [4.78, 5) is 15.9. The van der Waals surface area contributed by atoms with Crippen molar-refractivity contribution in [2.75, 3.05) is 13.1 Å². The Labute approximate surface area is 143 Å². The Kier molecular flexibility index (Phi) is 8.38. The first kappa shape index (κ1) is 19.8. The fourth-order valence-corrected chi connectivity index (χ4v) is 1.59. The topological polar surface area (TPSA) is 92.7 Å². The molecule has 0 atom stereocenters. The van der Waals surface area contributed by atoms with Gasteiger partial charge in [-0.2, -0.15) is 0 Å². The number of amides is 1. The molecule has 1 rings (SSSR count). The highest BCUT2D eigenvalue weighted by atomic mass is 127. The highest BCUT2D eigenvalue weighted by molar-refractivity contribution is 14.0. The van der Waals surface area contributed by atoms with Gasteiger partial charge in [0.2, 0.25) is 0 Å². The van der Waals surface area contributed by atoms with Crippen LogP contribution in [-0.4, -0.2) is 30.5 Å². The van der Waals surface area contributed by atoms with E-state index in [9.17, 15) is 4.79 Å². The lowest BCUT2D eigenvalue weighted by Gasteiger charge is -2.20. The molecule has 0 fully saturated rings. The zero-order valence-corrected chi connectivity index (χ0v) is 15.4. The third-order valence-corrected chi connectivity index (χ3v) is 2.47. The van der Waals surface area contributed by atoms with Crippen molar-refractivity contribution in [1.82, 2.24) is 10.6 Å². The molecule has 0 bridgehead atoms. The summed E-state index contributed by atoms with van der Waals surface area (Å²) in [5.74, 6) is 0.588. The molecule has 0 radical (unpaired) electrons. The van der Waals surface area contributed by atoms with E-state index in [1.165, 1.54) is 6.26 Å². The number of halogens is 1. The van der Waals surface area contributed by atoms with Crippen LogP contribution in [-0.2, 0) is 0 Å². The molecule has 0 aliphatic carbocycles. The van der Waals surface area contributed by atoms with Crippen molar-refractivity contribution in [1.29, 1.82) is 0 Å². The van der Waals surface area contributed by atoms with Gasteiger partial charge in [-0.25, -0.2) is 0 Å². The normalized spacial score (nSPS) is 11.7. The van der Waals surface area contributed by atoms with E-state index in [0.29, 0.717) is 24.8 Å². The fraction of sp³-hybridized carbons (Fsp3) is 0.571. The van der Waals surface area contributed by atoms with Crippen LogP contribution in [0, 0.1) is 6.92 Å². The summed E-state index contributed by atoms with van der Waals surface area (Å²) in [7, 11) is 0. The number of aliphatic imine (C=N–C) groups is 1. The number of aryl methyl sites for hydroxylation is 1. The van der Waals surface area contributed by atoms with Crippen LogP contribution >= 0.6 is 24.0 Å². The van der Waals surface area contributed by atoms with Crippen molar-refractivity contribution >= 4 is 35.8 Å². The van der Waals surface area contributed by atoms with Crippen LogP contribution in [0.3, 0.4) is 0 Å². The zero-order chi connectivity index (χ0) is 15.2. The van der Waals surface area contributed by atoms with Crippen molar-refractivity contribution < 1.29 is 9.21 Å². The van der Waals surface area contributed by atoms with Crippen molar-refractivity contribution in [3.63, 3.8) is 0 Å². The van der Waals surface area contributed by atoms with Gasteiger partial charge >= 0.3 is 0 Å². The third-order valence-electron chi connectivity index (χ3n) is 2.47. The monoisotopic (exact) mass is 408 g/mol. The maximum atomic E-state index is 11.7. The molecule has 0 aliphatic heterocycles. The summed E-state index contributed by atoms with van der Waals surface area (Å²) in [6.07, 6.45) is 2.23. The number of hydrogen-bond donors (Lipinski definition) is 3. The molecule has 7 heteroatoms. The second-order valence-electron chi connectivity index (χ2n) is 5.68. The number of hydrogen-bond acceptors (Lipinski definition) is 3. The summed E-state index contributed by atoms with van der Waals surface area (Å²) < 4.78 is 5.11. The lowest BCUT2D eigenvalue weighted by atomic mass is 10.1. The molecule has 21 heavy (non-hydrogen) atoms. The quantitative estimate of drug-likeness (QED) is 0.301. The summed E-state index contributed by atoms with van der Waals surface area (Å²) in [5, 5.41) is 5.86. The van der Waals surface area contributed by atoms with Gasteiger partial charge in [-0.15, -0.1) is 24.0 Å². The molecule has 0 saturated heterocycles. The van der Waals surface area contributed by atoms with Gasteiger partial charge in [-0.3, -0.25) is 9.79 Å². The predicted molar refractivity (Wildman–Crippen MR) is 95.2 cm³/mol. The summed E-state index contributed by atoms with van der Waals surface area (Å²) in [6, 6.07) is 1.76. The van der Waals surface area contributed by atoms with E-state index in [2.05, 4.69) is 15.6 Å². The lowest BCUT2D eigenvalue weighted by molar-refractivity contribution is 0.0925. The minimum Gasteiger partial charge on any atom is -0.459 e. The Morgan fingerprint density at radius 2 is 2.10 bits per heavy atom. The first-order chi connectivity index (χ1) is 9.29. The minimum absolute atomic E-state index is 0. The molecule has 0 aliphatic rings. The molecule has 1 amide bonds. The van der Waals surface area contributed by atoms with E-state index in [-0.39, 0.29) is 35.4 Å². The van der Waals surface area contributed by atoms with Crippen LogP contribution in [0.5, 0.6) is 0 Å². The highest BCUT2D eigenvalue weighted by Gasteiger charge is 2.11. The second kappa shape index (κ2) is 8.91. The van der Waals surface area contributed by atoms with E-state index in [4.69, 9.17) is 10.2 Å². The predicted octanol–water partition coefficient (Wildman–Crippen LogP) is 2.03. The SMILES string of the molecule is Cc1ccoc1C(=O)NCCCN=C(N)NC(C)(C)C.I. The van der Waals surface area contributed by atoms with Crippen LogP contribution in [0.2, 0.25) is 0 Å². The maximum Gasteiger partial charge on any atom is 0.287 e. The minimum atomic E-state index is -0.197. The Morgan fingerprint density at radius 1 is 1.43 bits per heavy atom. The lowest BCUT2D eigenvalue weighted by Crippen LogP contribution is -2.45. The molecule has 1 heterocycles. The molecular weight excluding hydrogens is 383 g/mol. The van der Waals surface area contributed by atoms with Crippen LogP contribution in [0.25, 0.3) is 0 Å². The first-order valence-electron chi connectivity index (χ1n) is 6.70. The van der Waals surface area contributed by atoms with Crippen LogP contribution in [0.15, 0.2) is 21.7 Å². The van der Waals surface area contributed by atoms with Gasteiger partial charge in [-0.1, -0.05) is 0 Å². The second-order valence-corrected chi connectivity index (χ2v) is 5.68. The van der Waals surface area contributed by atoms with Gasteiger partial charge in [0, 0.05) is 24.2 Å². The average Bonchev–Trinajstić information content (AvgIpc) is 2.72. The maximum absolute atomic E-state index is 11.7. The van der Waals surface area contributed by atoms with Crippen molar-refractivity contribution in [3.8, 4) is 0 Å². The average molecular weight is 408 g/mol. The largest absolute Gasteiger partial charge is 0.459 e. The summed E-state index contributed by atoms with van der Waals surface area (Å²) in [5.41, 5.74) is 6.47. The van der Waals surface area contributed by atoms with E-state index in [1.807, 2.05) is 27.7 Å². The molecule has 0 aromatic carbocycles. The molecule has 120 valence electrons. The standard InChI is InChI=1S/C14H24N4O2.HI/c1-10-6-9-20-11(10)12(19)16-7-5-8-17-13(15)18-14(2,3)4;/h6,9H,5,7-8H2,1-4H3,(H,16,19)(H3,15,17,18);1H. The van der Waals surface area contributed by atoms with E-state index >= 15 is 0 Å². The number of nitrogens with zero attached hydrogens (tertiary/aromatic N) is 1. The van der Waals surface area contributed by atoms with Gasteiger partial charge in [0.05, 0.1) is 6.26 Å². The number of rotatable bonds is 5. The van der Waals surface area contributed by atoms with Crippen LogP contribution in [0.1, 0.15) is 43.3 Å².